The molecule has 0 radical (unpaired) electrons. The van der Waals surface area contributed by atoms with Crippen LogP contribution in [0.3, 0.4) is 0 Å². The predicted octanol–water partition coefficient (Wildman–Crippen LogP) is 1.48. The molecule has 84 valence electrons. The van der Waals surface area contributed by atoms with Gasteiger partial charge in [-0.25, -0.2) is 4.98 Å². The van der Waals surface area contributed by atoms with Crippen molar-refractivity contribution in [3.63, 3.8) is 0 Å². The molecule has 1 rings (SSSR count). The Hall–Kier alpha value is -0.940. The summed E-state index contributed by atoms with van der Waals surface area (Å²) in [5.74, 6) is -0.0221. The smallest absolute Gasteiger partial charge is 0.220 e. The normalized spacial score (nSPS) is 12.4. The standard InChI is InChI=1S/C10H16N2O2S/c1-2-8(10-11-5-7-15-10)12-9(14)4-3-6-13/h5,7-8,13H,2-4,6H2,1H3,(H,12,14). The third-order valence-corrected chi connectivity index (χ3v) is 2.94. The van der Waals surface area contributed by atoms with Gasteiger partial charge in [-0.05, 0) is 12.8 Å². The summed E-state index contributed by atoms with van der Waals surface area (Å²) in [4.78, 5) is 15.6. The number of hydrogen-bond donors (Lipinski definition) is 2. The summed E-state index contributed by atoms with van der Waals surface area (Å²) in [6.07, 6.45) is 3.46. The molecule has 0 spiro atoms. The number of amides is 1. The summed E-state index contributed by atoms with van der Waals surface area (Å²) < 4.78 is 0. The van der Waals surface area contributed by atoms with Crippen LogP contribution in [0.25, 0.3) is 0 Å². The molecule has 0 aliphatic carbocycles. The second-order valence-corrected chi connectivity index (χ2v) is 4.15. The van der Waals surface area contributed by atoms with Gasteiger partial charge >= 0.3 is 0 Å². The molecule has 0 saturated carbocycles. The van der Waals surface area contributed by atoms with Crippen LogP contribution < -0.4 is 5.32 Å². The fourth-order valence-electron chi connectivity index (χ4n) is 1.25. The second-order valence-electron chi connectivity index (χ2n) is 3.23. The Morgan fingerprint density at radius 3 is 3.07 bits per heavy atom. The van der Waals surface area contributed by atoms with Crippen molar-refractivity contribution < 1.29 is 9.90 Å². The van der Waals surface area contributed by atoms with Crippen molar-refractivity contribution in [2.45, 2.75) is 32.2 Å². The topological polar surface area (TPSA) is 62.2 Å². The molecule has 0 saturated heterocycles. The van der Waals surface area contributed by atoms with Crippen molar-refractivity contribution in [2.24, 2.45) is 0 Å². The van der Waals surface area contributed by atoms with Gasteiger partial charge in [0.15, 0.2) is 0 Å². The van der Waals surface area contributed by atoms with Crippen LogP contribution in [-0.2, 0) is 4.79 Å². The summed E-state index contributed by atoms with van der Waals surface area (Å²) >= 11 is 1.55. The molecule has 2 N–H and O–H groups in total. The minimum absolute atomic E-state index is 0.0104. The Balaban J connectivity index is 2.44. The van der Waals surface area contributed by atoms with Crippen molar-refractivity contribution >= 4 is 17.2 Å². The summed E-state index contributed by atoms with van der Waals surface area (Å²) in [5.41, 5.74) is 0. The maximum Gasteiger partial charge on any atom is 0.220 e. The zero-order valence-electron chi connectivity index (χ0n) is 8.77. The average molecular weight is 228 g/mol. The number of nitrogens with zero attached hydrogens (tertiary/aromatic N) is 1. The van der Waals surface area contributed by atoms with Gasteiger partial charge in [-0.15, -0.1) is 11.3 Å². The van der Waals surface area contributed by atoms with Crippen LogP contribution in [0.2, 0.25) is 0 Å². The number of aliphatic hydroxyl groups is 1. The van der Waals surface area contributed by atoms with Crippen molar-refractivity contribution in [3.8, 4) is 0 Å². The highest BCUT2D eigenvalue weighted by molar-refractivity contribution is 7.09. The number of thiazole rings is 1. The van der Waals surface area contributed by atoms with Gasteiger partial charge in [-0.3, -0.25) is 4.79 Å². The highest BCUT2D eigenvalue weighted by atomic mass is 32.1. The molecule has 1 amide bonds. The van der Waals surface area contributed by atoms with Gasteiger partial charge in [0, 0.05) is 24.6 Å². The van der Waals surface area contributed by atoms with Crippen molar-refractivity contribution in [1.29, 1.82) is 0 Å². The SMILES string of the molecule is CCC(NC(=O)CCCO)c1nccs1. The first-order valence-corrected chi connectivity index (χ1v) is 5.95. The lowest BCUT2D eigenvalue weighted by Gasteiger charge is -2.13. The molecule has 4 nitrogen and oxygen atoms in total. The molecule has 0 aliphatic rings. The number of carbonyl (C=O) groups excluding carboxylic acids is 1. The molecule has 0 aliphatic heterocycles. The van der Waals surface area contributed by atoms with E-state index in [1.165, 1.54) is 0 Å². The lowest BCUT2D eigenvalue weighted by atomic mass is 10.2. The molecule has 1 atom stereocenters. The van der Waals surface area contributed by atoms with Gasteiger partial charge in [-0.1, -0.05) is 6.92 Å². The first kappa shape index (κ1) is 12.1. The Labute approximate surface area is 93.4 Å². The lowest BCUT2D eigenvalue weighted by molar-refractivity contribution is -0.122. The van der Waals surface area contributed by atoms with Crippen LogP contribution in [0.5, 0.6) is 0 Å². The number of rotatable bonds is 6. The van der Waals surface area contributed by atoms with Crippen LogP contribution in [0, 0.1) is 0 Å². The van der Waals surface area contributed by atoms with Gasteiger partial charge in [0.2, 0.25) is 5.91 Å². The molecule has 0 bridgehead atoms. The van der Waals surface area contributed by atoms with E-state index in [1.807, 2.05) is 12.3 Å². The molecule has 1 unspecified atom stereocenters. The average Bonchev–Trinajstić information content (AvgIpc) is 2.76. The minimum atomic E-state index is -0.0221. The van der Waals surface area contributed by atoms with Crippen LogP contribution >= 0.6 is 11.3 Å². The van der Waals surface area contributed by atoms with Crippen molar-refractivity contribution in [3.05, 3.63) is 16.6 Å². The monoisotopic (exact) mass is 228 g/mol. The minimum Gasteiger partial charge on any atom is -0.396 e. The van der Waals surface area contributed by atoms with Crippen LogP contribution in [0.4, 0.5) is 0 Å². The van der Waals surface area contributed by atoms with Gasteiger partial charge in [0.25, 0.3) is 0 Å². The second kappa shape index (κ2) is 6.53. The Bertz CT molecular complexity index is 288. The fraction of sp³-hybridized carbons (Fsp3) is 0.600. The lowest BCUT2D eigenvalue weighted by Crippen LogP contribution is -2.27. The van der Waals surface area contributed by atoms with Gasteiger partial charge in [-0.2, -0.15) is 0 Å². The maximum atomic E-state index is 11.4. The Morgan fingerprint density at radius 2 is 2.53 bits per heavy atom. The number of nitrogens with one attached hydrogen (secondary N) is 1. The van der Waals surface area contributed by atoms with E-state index in [0.717, 1.165) is 11.4 Å². The number of aliphatic hydroxyl groups excluding tert-OH is 1. The van der Waals surface area contributed by atoms with E-state index in [4.69, 9.17) is 5.11 Å². The molecule has 1 heterocycles. The van der Waals surface area contributed by atoms with E-state index in [2.05, 4.69) is 10.3 Å². The van der Waals surface area contributed by atoms with Crippen molar-refractivity contribution in [1.82, 2.24) is 10.3 Å². The molecule has 1 aromatic heterocycles. The van der Waals surface area contributed by atoms with E-state index in [0.29, 0.717) is 12.8 Å². The van der Waals surface area contributed by atoms with Crippen LogP contribution in [0.15, 0.2) is 11.6 Å². The number of carbonyl (C=O) groups is 1. The molecule has 0 aromatic carbocycles. The van der Waals surface area contributed by atoms with Gasteiger partial charge < -0.3 is 10.4 Å². The first-order valence-electron chi connectivity index (χ1n) is 5.07. The molecule has 5 heteroatoms. The summed E-state index contributed by atoms with van der Waals surface area (Å²) in [6, 6.07) is 0.0104. The Kier molecular flexibility index (Phi) is 5.28. The highest BCUT2D eigenvalue weighted by Crippen LogP contribution is 2.18. The largest absolute Gasteiger partial charge is 0.396 e. The highest BCUT2D eigenvalue weighted by Gasteiger charge is 2.14. The van der Waals surface area contributed by atoms with E-state index in [9.17, 15) is 4.79 Å². The zero-order chi connectivity index (χ0) is 11.1. The third-order valence-electron chi connectivity index (χ3n) is 2.05. The predicted molar refractivity (Wildman–Crippen MR) is 59.6 cm³/mol. The van der Waals surface area contributed by atoms with E-state index in [-0.39, 0.29) is 18.6 Å². The van der Waals surface area contributed by atoms with Crippen LogP contribution in [-0.4, -0.2) is 22.6 Å². The molecular weight excluding hydrogens is 212 g/mol. The molecule has 0 fully saturated rings. The van der Waals surface area contributed by atoms with E-state index >= 15 is 0 Å². The summed E-state index contributed by atoms with van der Waals surface area (Å²) in [5, 5.41) is 14.3. The zero-order valence-corrected chi connectivity index (χ0v) is 9.59. The van der Waals surface area contributed by atoms with Gasteiger partial charge in [0.05, 0.1) is 6.04 Å². The summed E-state index contributed by atoms with van der Waals surface area (Å²) in [6.45, 7) is 2.07. The molecular formula is C10H16N2O2S. The molecule has 1 aromatic rings. The number of aromatic nitrogens is 1. The van der Waals surface area contributed by atoms with Crippen molar-refractivity contribution in [2.75, 3.05) is 6.61 Å². The van der Waals surface area contributed by atoms with E-state index in [1.54, 1.807) is 17.5 Å². The van der Waals surface area contributed by atoms with E-state index < -0.39 is 0 Å². The number of hydrogen-bond acceptors (Lipinski definition) is 4. The first-order chi connectivity index (χ1) is 7.27. The quantitative estimate of drug-likeness (QED) is 0.775. The maximum absolute atomic E-state index is 11.4. The Morgan fingerprint density at radius 1 is 1.73 bits per heavy atom. The summed E-state index contributed by atoms with van der Waals surface area (Å²) in [7, 11) is 0. The molecule has 15 heavy (non-hydrogen) atoms. The van der Waals surface area contributed by atoms with Gasteiger partial charge in [0.1, 0.15) is 5.01 Å². The third kappa shape index (κ3) is 3.97. The fourth-order valence-corrected chi connectivity index (χ4v) is 2.02. The van der Waals surface area contributed by atoms with Crippen LogP contribution in [0.1, 0.15) is 37.2 Å².